The van der Waals surface area contributed by atoms with E-state index < -0.39 is 41.8 Å². The van der Waals surface area contributed by atoms with Crippen molar-refractivity contribution in [2.24, 2.45) is 5.92 Å². The topological polar surface area (TPSA) is 174 Å². The zero-order chi connectivity index (χ0) is 22.9. The molecule has 4 heterocycles. The number of aromatic nitrogens is 6. The number of ether oxygens (including phenoxy) is 1. The number of nitrogens with zero attached hydrogens (tertiary/aromatic N) is 5. The van der Waals surface area contributed by atoms with Crippen molar-refractivity contribution in [1.82, 2.24) is 30.1 Å². The minimum Gasteiger partial charge on any atom is -0.463 e. The predicted octanol–water partition coefficient (Wildman–Crippen LogP) is -0.374. The molecule has 1 aliphatic heterocycles. The normalized spacial score (nSPS) is 17.2. The third-order valence-electron chi connectivity index (χ3n) is 4.83. The Morgan fingerprint density at radius 1 is 1.25 bits per heavy atom. The first-order valence-corrected chi connectivity index (χ1v) is 9.16. The average Bonchev–Trinajstić information content (AvgIpc) is 3.07. The van der Waals surface area contributed by atoms with Crippen molar-refractivity contribution in [3.05, 3.63) is 61.4 Å². The molecule has 14 heteroatoms. The standard InChI is InChI=1S/C18H14F2N8O4/c19-18(20)8-28(6-10(18)7-32-17-23-3-9(2-21)4-24-17)13-1-12(26-27-15(13)30)11-5-22-16(31)25-14(11)29/h1,3-5,10H,6-8H2,(H,27,30)(H2,22,25,29,31). The zero-order valence-corrected chi connectivity index (χ0v) is 16.1. The molecule has 164 valence electrons. The van der Waals surface area contributed by atoms with Crippen LogP contribution >= 0.6 is 0 Å². The second kappa shape index (κ2) is 8.02. The molecule has 1 aliphatic rings. The Balaban J connectivity index is 1.55. The predicted molar refractivity (Wildman–Crippen MR) is 104 cm³/mol. The molecule has 0 spiro atoms. The van der Waals surface area contributed by atoms with Gasteiger partial charge in [0.15, 0.2) is 0 Å². The fraction of sp³-hybridized carbons (Fsp3) is 0.278. The Hall–Kier alpha value is -4.41. The maximum absolute atomic E-state index is 14.6. The van der Waals surface area contributed by atoms with E-state index in [4.69, 9.17) is 10.00 Å². The average molecular weight is 444 g/mol. The van der Waals surface area contributed by atoms with Crippen LogP contribution < -0.4 is 26.4 Å². The molecule has 0 aliphatic carbocycles. The number of hydrogen-bond acceptors (Lipinski definition) is 9. The lowest BCUT2D eigenvalue weighted by atomic mass is 10.1. The van der Waals surface area contributed by atoms with Gasteiger partial charge in [0.2, 0.25) is 0 Å². The first kappa shape index (κ1) is 20.8. The molecule has 0 amide bonds. The van der Waals surface area contributed by atoms with Crippen LogP contribution in [0.1, 0.15) is 5.56 Å². The second-order valence-electron chi connectivity index (χ2n) is 6.97. The van der Waals surface area contributed by atoms with Crippen molar-refractivity contribution in [2.75, 3.05) is 24.6 Å². The summed E-state index contributed by atoms with van der Waals surface area (Å²) in [7, 11) is 0. The van der Waals surface area contributed by atoms with Gasteiger partial charge in [0.05, 0.1) is 41.7 Å². The summed E-state index contributed by atoms with van der Waals surface area (Å²) >= 11 is 0. The highest BCUT2D eigenvalue weighted by Crippen LogP contribution is 2.35. The summed E-state index contributed by atoms with van der Waals surface area (Å²) in [4.78, 5) is 48.5. The first-order valence-electron chi connectivity index (χ1n) is 9.16. The molecule has 12 nitrogen and oxygen atoms in total. The third kappa shape index (κ3) is 4.08. The number of halogens is 2. The quantitative estimate of drug-likeness (QED) is 0.474. The molecule has 0 aromatic carbocycles. The summed E-state index contributed by atoms with van der Waals surface area (Å²) in [5.74, 6) is -4.48. The molecule has 4 rings (SSSR count). The fourth-order valence-electron chi connectivity index (χ4n) is 3.20. The lowest BCUT2D eigenvalue weighted by Gasteiger charge is -2.17. The number of nitrogens with one attached hydrogen (secondary N) is 3. The van der Waals surface area contributed by atoms with E-state index in [-0.39, 0.29) is 35.1 Å². The van der Waals surface area contributed by atoms with Crippen LogP contribution in [0, 0.1) is 17.2 Å². The van der Waals surface area contributed by atoms with Gasteiger partial charge in [-0.25, -0.2) is 28.6 Å². The Morgan fingerprint density at radius 3 is 2.69 bits per heavy atom. The van der Waals surface area contributed by atoms with Crippen LogP contribution in [0.4, 0.5) is 14.5 Å². The first-order chi connectivity index (χ1) is 15.3. The highest BCUT2D eigenvalue weighted by atomic mass is 19.3. The molecule has 3 aromatic rings. The summed E-state index contributed by atoms with van der Waals surface area (Å²) in [5.41, 5.74) is -2.17. The van der Waals surface area contributed by atoms with Gasteiger partial charge in [-0.15, -0.1) is 0 Å². The van der Waals surface area contributed by atoms with Crippen LogP contribution in [0.2, 0.25) is 0 Å². The van der Waals surface area contributed by atoms with Crippen LogP contribution in [0.3, 0.4) is 0 Å². The van der Waals surface area contributed by atoms with E-state index in [0.29, 0.717) is 0 Å². The summed E-state index contributed by atoms with van der Waals surface area (Å²) in [6.07, 6.45) is 3.52. The van der Waals surface area contributed by atoms with E-state index in [2.05, 4.69) is 25.1 Å². The van der Waals surface area contributed by atoms with E-state index in [0.717, 1.165) is 11.1 Å². The monoisotopic (exact) mass is 444 g/mol. The van der Waals surface area contributed by atoms with Gasteiger partial charge in [-0.2, -0.15) is 10.4 Å². The van der Waals surface area contributed by atoms with Crippen molar-refractivity contribution >= 4 is 5.69 Å². The van der Waals surface area contributed by atoms with Crippen molar-refractivity contribution in [2.45, 2.75) is 5.92 Å². The molecule has 0 bridgehead atoms. The third-order valence-corrected chi connectivity index (χ3v) is 4.83. The summed E-state index contributed by atoms with van der Waals surface area (Å²) in [5, 5.41) is 14.7. The smallest absolute Gasteiger partial charge is 0.325 e. The number of aromatic amines is 3. The molecule has 0 saturated carbocycles. The lowest BCUT2D eigenvalue weighted by Crippen LogP contribution is -2.32. The fourth-order valence-corrected chi connectivity index (χ4v) is 3.20. The molecule has 1 atom stereocenters. The molecule has 3 N–H and O–H groups in total. The van der Waals surface area contributed by atoms with Gasteiger partial charge in [-0.3, -0.25) is 14.6 Å². The van der Waals surface area contributed by atoms with Crippen molar-refractivity contribution in [1.29, 1.82) is 5.26 Å². The van der Waals surface area contributed by atoms with Gasteiger partial charge in [0, 0.05) is 12.7 Å². The maximum Gasteiger partial charge on any atom is 0.325 e. The number of anilines is 1. The van der Waals surface area contributed by atoms with Crippen LogP contribution in [-0.4, -0.2) is 55.8 Å². The van der Waals surface area contributed by atoms with Gasteiger partial charge in [-0.1, -0.05) is 0 Å². The highest BCUT2D eigenvalue weighted by molar-refractivity contribution is 5.62. The molecule has 0 radical (unpaired) electrons. The van der Waals surface area contributed by atoms with Crippen LogP contribution in [0.25, 0.3) is 11.3 Å². The summed E-state index contributed by atoms with van der Waals surface area (Å²) in [6.45, 7) is -1.41. The molecule has 32 heavy (non-hydrogen) atoms. The Kier molecular flexibility index (Phi) is 5.23. The minimum absolute atomic E-state index is 0.00824. The van der Waals surface area contributed by atoms with Crippen molar-refractivity contribution in [3.8, 4) is 23.3 Å². The lowest BCUT2D eigenvalue weighted by molar-refractivity contribution is -0.0364. The van der Waals surface area contributed by atoms with Crippen LogP contribution in [-0.2, 0) is 0 Å². The molecular weight excluding hydrogens is 430 g/mol. The van der Waals surface area contributed by atoms with E-state index in [1.54, 1.807) is 0 Å². The number of rotatable bonds is 5. The molecule has 1 saturated heterocycles. The highest BCUT2D eigenvalue weighted by Gasteiger charge is 2.49. The number of nitriles is 1. The maximum atomic E-state index is 14.6. The minimum atomic E-state index is -3.20. The number of hydrogen-bond donors (Lipinski definition) is 3. The Labute approximate surface area is 176 Å². The molecule has 1 fully saturated rings. The van der Waals surface area contributed by atoms with Gasteiger partial charge < -0.3 is 14.6 Å². The van der Waals surface area contributed by atoms with Crippen molar-refractivity contribution in [3.63, 3.8) is 0 Å². The van der Waals surface area contributed by atoms with Gasteiger partial charge >= 0.3 is 11.7 Å². The largest absolute Gasteiger partial charge is 0.463 e. The van der Waals surface area contributed by atoms with Crippen LogP contribution in [0.15, 0.2) is 39.0 Å². The number of alkyl halides is 2. The van der Waals surface area contributed by atoms with Crippen LogP contribution in [0.5, 0.6) is 6.01 Å². The van der Waals surface area contributed by atoms with Crippen molar-refractivity contribution < 1.29 is 13.5 Å². The van der Waals surface area contributed by atoms with E-state index in [1.165, 1.54) is 18.5 Å². The summed E-state index contributed by atoms with van der Waals surface area (Å²) < 4.78 is 34.4. The molecule has 3 aromatic heterocycles. The summed E-state index contributed by atoms with van der Waals surface area (Å²) in [6, 6.07) is 2.88. The van der Waals surface area contributed by atoms with E-state index in [9.17, 15) is 23.2 Å². The van der Waals surface area contributed by atoms with Gasteiger partial charge in [0.25, 0.3) is 17.0 Å². The zero-order valence-electron chi connectivity index (χ0n) is 16.1. The van der Waals surface area contributed by atoms with Gasteiger partial charge in [0.1, 0.15) is 18.4 Å². The molecular formula is C18H14F2N8O4. The second-order valence-corrected chi connectivity index (χ2v) is 6.97. The number of H-pyrrole nitrogens is 3. The molecule has 1 unspecified atom stereocenters. The van der Waals surface area contributed by atoms with E-state index >= 15 is 0 Å². The Morgan fingerprint density at radius 2 is 2.00 bits per heavy atom. The Bertz CT molecular complexity index is 1360. The van der Waals surface area contributed by atoms with E-state index in [1.807, 2.05) is 11.1 Å². The van der Waals surface area contributed by atoms with Gasteiger partial charge in [-0.05, 0) is 6.07 Å². The SMILES string of the molecule is N#Cc1cnc(OCC2CN(c3cc(-c4c[nH]c(=O)[nH]c4=O)n[nH]c3=O)CC2(F)F)nc1.